The molecule has 3 atom stereocenters. The fourth-order valence-corrected chi connectivity index (χ4v) is 7.85. The predicted octanol–water partition coefficient (Wildman–Crippen LogP) is 5.90. The number of pyridine rings is 1. The molecule has 1 aromatic heterocycles. The summed E-state index contributed by atoms with van der Waals surface area (Å²) in [5.41, 5.74) is 3.92. The molecule has 0 aliphatic carbocycles. The Bertz CT molecular complexity index is 2190. The molecule has 3 aliphatic rings. The van der Waals surface area contributed by atoms with Crippen molar-refractivity contribution in [3.63, 3.8) is 0 Å². The van der Waals surface area contributed by atoms with Gasteiger partial charge in [-0.15, -0.1) is 0 Å². The number of aromatic hydroxyl groups is 1. The molecular weight excluding hydrogens is 723 g/mol. The highest BCUT2D eigenvalue weighted by molar-refractivity contribution is 5.94. The Morgan fingerprint density at radius 1 is 0.930 bits per heavy atom. The lowest BCUT2D eigenvalue weighted by Gasteiger charge is -2.43. The maximum Gasteiger partial charge on any atom is 0.408 e. The quantitative estimate of drug-likeness (QED) is 0.0772. The maximum absolute atomic E-state index is 13.2. The number of carbonyl (C=O) groups is 2. The average molecular weight is 774 g/mol. The van der Waals surface area contributed by atoms with Crippen molar-refractivity contribution in [3.8, 4) is 11.5 Å². The van der Waals surface area contributed by atoms with E-state index in [4.69, 9.17) is 9.47 Å². The minimum Gasteiger partial charge on any atom is -0.506 e. The normalized spacial score (nSPS) is 18.5. The number of ether oxygens (including phenoxy) is 2. The van der Waals surface area contributed by atoms with Crippen molar-refractivity contribution in [2.75, 3.05) is 46.3 Å². The Labute approximate surface area is 332 Å². The number of aromatic amines is 1. The molecular formula is C45H51N5O7. The van der Waals surface area contributed by atoms with Crippen LogP contribution in [0.1, 0.15) is 70.4 Å². The molecule has 3 saturated heterocycles. The summed E-state index contributed by atoms with van der Waals surface area (Å²) in [5.74, 6) is 0.973. The van der Waals surface area contributed by atoms with E-state index in [9.17, 15) is 24.6 Å². The minimum absolute atomic E-state index is 0.0458. The number of aromatic nitrogens is 1. The van der Waals surface area contributed by atoms with Gasteiger partial charge in [-0.05, 0) is 110 Å². The topological polar surface area (TPSA) is 156 Å². The second-order valence-electron chi connectivity index (χ2n) is 15.1. The number of phenols is 1. The van der Waals surface area contributed by atoms with E-state index in [0.29, 0.717) is 59.9 Å². The number of H-pyrrole nitrogens is 1. The van der Waals surface area contributed by atoms with Crippen molar-refractivity contribution in [2.45, 2.75) is 50.5 Å². The van der Waals surface area contributed by atoms with Crippen LogP contribution in [0.25, 0.3) is 10.9 Å². The van der Waals surface area contributed by atoms with Crippen molar-refractivity contribution in [1.82, 2.24) is 25.4 Å². The van der Waals surface area contributed by atoms with Crippen LogP contribution < -0.4 is 20.9 Å². The molecule has 298 valence electrons. The number of aliphatic hydroxyl groups excluding tert-OH is 1. The number of hydrogen-bond donors (Lipinski definition) is 5. The summed E-state index contributed by atoms with van der Waals surface area (Å²) in [6.07, 6.45) is 2.39. The molecule has 2 bridgehead atoms. The van der Waals surface area contributed by atoms with Crippen LogP contribution >= 0.6 is 0 Å². The summed E-state index contributed by atoms with van der Waals surface area (Å²) in [6.45, 7) is 4.80. The monoisotopic (exact) mass is 773 g/mol. The van der Waals surface area contributed by atoms with Crippen molar-refractivity contribution < 1.29 is 29.3 Å². The Morgan fingerprint density at radius 2 is 1.70 bits per heavy atom. The Kier molecular flexibility index (Phi) is 12.8. The zero-order valence-electron chi connectivity index (χ0n) is 32.2. The summed E-state index contributed by atoms with van der Waals surface area (Å²) < 4.78 is 12.2. The van der Waals surface area contributed by atoms with Gasteiger partial charge in [0.05, 0.1) is 17.7 Å². The van der Waals surface area contributed by atoms with Crippen LogP contribution in [0, 0.1) is 5.92 Å². The van der Waals surface area contributed by atoms with Crippen LogP contribution in [-0.4, -0.2) is 89.4 Å². The number of aliphatic hydroxyl groups is 1. The average Bonchev–Trinajstić information content (AvgIpc) is 3.24. The summed E-state index contributed by atoms with van der Waals surface area (Å²) in [7, 11) is 1.79. The number of amides is 2. The van der Waals surface area contributed by atoms with E-state index in [0.717, 1.165) is 62.0 Å². The lowest BCUT2D eigenvalue weighted by Crippen LogP contribution is -2.52. The molecule has 0 unspecified atom stereocenters. The summed E-state index contributed by atoms with van der Waals surface area (Å²) >= 11 is 0. The third-order valence-electron chi connectivity index (χ3n) is 11.1. The molecule has 5 aromatic rings. The zero-order valence-corrected chi connectivity index (χ0v) is 32.2. The number of fused-ring (bicyclic) bond motifs is 4. The zero-order chi connectivity index (χ0) is 39.7. The van der Waals surface area contributed by atoms with E-state index >= 15 is 0 Å². The van der Waals surface area contributed by atoms with Gasteiger partial charge >= 0.3 is 6.09 Å². The second-order valence-corrected chi connectivity index (χ2v) is 15.1. The van der Waals surface area contributed by atoms with E-state index in [1.54, 1.807) is 24.1 Å². The number of benzene rings is 4. The van der Waals surface area contributed by atoms with Gasteiger partial charge in [-0.25, -0.2) is 4.79 Å². The second kappa shape index (κ2) is 18.5. The molecule has 3 aliphatic heterocycles. The molecule has 0 spiro atoms. The van der Waals surface area contributed by atoms with Gasteiger partial charge in [-0.3, -0.25) is 14.5 Å². The van der Waals surface area contributed by atoms with Crippen LogP contribution in [0.15, 0.2) is 108 Å². The smallest absolute Gasteiger partial charge is 0.408 e. The Morgan fingerprint density at radius 3 is 2.46 bits per heavy atom. The molecule has 5 N–H and O–H groups in total. The van der Waals surface area contributed by atoms with E-state index in [1.165, 1.54) is 12.1 Å². The predicted molar refractivity (Wildman–Crippen MR) is 218 cm³/mol. The van der Waals surface area contributed by atoms with Gasteiger partial charge in [0.1, 0.15) is 24.2 Å². The van der Waals surface area contributed by atoms with Gasteiger partial charge in [0.2, 0.25) is 5.56 Å². The fraction of sp³-hybridized carbons (Fsp3) is 0.356. The van der Waals surface area contributed by atoms with Gasteiger partial charge < -0.3 is 40.2 Å². The van der Waals surface area contributed by atoms with Crippen molar-refractivity contribution in [1.29, 1.82) is 0 Å². The Hall–Kier alpha value is -5.69. The molecule has 8 rings (SSSR count). The summed E-state index contributed by atoms with van der Waals surface area (Å²) in [5, 5.41) is 27.8. The number of hydrogen-bond acceptors (Lipinski definition) is 9. The van der Waals surface area contributed by atoms with E-state index < -0.39 is 18.2 Å². The first kappa shape index (κ1) is 39.5. The van der Waals surface area contributed by atoms with E-state index in [1.807, 2.05) is 78.9 Å². The van der Waals surface area contributed by atoms with Gasteiger partial charge in [0, 0.05) is 43.7 Å². The molecule has 4 aromatic carbocycles. The van der Waals surface area contributed by atoms with Crippen LogP contribution in [0.2, 0.25) is 0 Å². The molecule has 4 heterocycles. The number of nitrogens with one attached hydrogen (secondary N) is 3. The first-order valence-corrected chi connectivity index (χ1v) is 19.8. The van der Waals surface area contributed by atoms with Crippen LogP contribution in [0.4, 0.5) is 4.79 Å². The first-order chi connectivity index (χ1) is 27.7. The maximum atomic E-state index is 13.2. The highest BCUT2D eigenvalue weighted by Crippen LogP contribution is 2.31. The van der Waals surface area contributed by atoms with Crippen LogP contribution in [0.3, 0.4) is 0 Å². The third kappa shape index (κ3) is 10.0. The van der Waals surface area contributed by atoms with Crippen molar-refractivity contribution in [3.05, 3.63) is 141 Å². The van der Waals surface area contributed by atoms with Crippen LogP contribution in [0.5, 0.6) is 11.5 Å². The summed E-state index contributed by atoms with van der Waals surface area (Å²) in [4.78, 5) is 44.8. The minimum atomic E-state index is -0.826. The number of phenolic OH excluding ortho intramolecular Hbond substituents is 1. The lowest BCUT2D eigenvalue weighted by atomic mass is 9.86. The number of alkyl carbamates (subject to hydrolysis) is 1. The highest BCUT2D eigenvalue weighted by atomic mass is 16.6. The number of rotatable bonds is 16. The number of piperidine rings is 3. The largest absolute Gasteiger partial charge is 0.506 e. The number of nitrogens with zero attached hydrogens (tertiary/aromatic N) is 2. The van der Waals surface area contributed by atoms with Crippen LogP contribution in [-0.2, 0) is 11.3 Å². The molecule has 0 saturated carbocycles. The van der Waals surface area contributed by atoms with Crippen molar-refractivity contribution >= 4 is 22.9 Å². The van der Waals surface area contributed by atoms with Gasteiger partial charge in [-0.1, -0.05) is 60.7 Å². The molecule has 3 fully saturated rings. The molecule has 57 heavy (non-hydrogen) atoms. The molecule has 2 amide bonds. The lowest BCUT2D eigenvalue weighted by molar-refractivity contribution is -0.0336. The Balaban J connectivity index is 0.860. The standard InChI is InChI=1S/C45H51N5O7/c1-49(23-6-5-22-46-27-39(52)36-16-18-38(51)43-37(36)17-19-41(53)47-43)44(54)33-14-12-30(13-15-33)29-56-35-11-7-10-34(26-35)42(32-8-3-2-4-9-32)48-45(55)57-40-28-50-24-20-31(40)21-25-50/h2-4,7-19,26,31,39-40,42,46,51-52H,5-6,20-25,27-29H2,1H3,(H,47,53)(H,48,55)/t39-,40-,42-/m0/s1. The van der Waals surface area contributed by atoms with Crippen molar-refractivity contribution in [2.24, 2.45) is 5.92 Å². The van der Waals surface area contributed by atoms with Gasteiger partial charge in [0.15, 0.2) is 0 Å². The molecule has 12 nitrogen and oxygen atoms in total. The summed E-state index contributed by atoms with van der Waals surface area (Å²) in [6, 6.07) is 30.7. The van der Waals surface area contributed by atoms with Gasteiger partial charge in [0.25, 0.3) is 5.91 Å². The van der Waals surface area contributed by atoms with E-state index in [-0.39, 0.29) is 23.3 Å². The highest BCUT2D eigenvalue weighted by Gasteiger charge is 2.37. The third-order valence-corrected chi connectivity index (χ3v) is 11.1. The SMILES string of the molecule is CN(CCCCNC[C@H](O)c1ccc(O)c2[nH]c(=O)ccc12)C(=O)c1ccc(COc2cccc([C@@H](NC(=O)O[C@H]3CN4CCC3CC4)c3ccccc3)c2)cc1. The first-order valence-electron chi connectivity index (χ1n) is 19.8. The fourth-order valence-electron chi connectivity index (χ4n) is 7.85. The van der Waals surface area contributed by atoms with E-state index in [2.05, 4.69) is 20.5 Å². The molecule has 0 radical (unpaired) electrons. The van der Waals surface area contributed by atoms with Gasteiger partial charge in [-0.2, -0.15) is 0 Å². The molecule has 12 heteroatoms. The number of unbranched alkanes of at least 4 members (excludes halogenated alkanes) is 1. The number of carbonyl (C=O) groups excluding carboxylic acids is 2.